The van der Waals surface area contributed by atoms with E-state index in [9.17, 15) is 0 Å². The van der Waals surface area contributed by atoms with Crippen LogP contribution in [0.25, 0.3) is 0 Å². The molecule has 15 heavy (non-hydrogen) atoms. The summed E-state index contributed by atoms with van der Waals surface area (Å²) < 4.78 is 0. The van der Waals surface area contributed by atoms with Gasteiger partial charge in [-0.3, -0.25) is 4.99 Å². The van der Waals surface area contributed by atoms with Gasteiger partial charge in [0.15, 0.2) is 0 Å². The summed E-state index contributed by atoms with van der Waals surface area (Å²) in [4.78, 5) is 4.39. The van der Waals surface area contributed by atoms with E-state index >= 15 is 0 Å². The molecule has 0 saturated carbocycles. The van der Waals surface area contributed by atoms with Gasteiger partial charge in [-0.2, -0.15) is 0 Å². The van der Waals surface area contributed by atoms with Gasteiger partial charge in [0.25, 0.3) is 0 Å². The third kappa shape index (κ3) is 3.29. The molecule has 0 unspecified atom stereocenters. The quantitative estimate of drug-likeness (QED) is 0.745. The molecule has 3 N–H and O–H groups in total. The number of nitrogens with two attached hydrogens (primary N) is 1. The highest BCUT2D eigenvalue weighted by Gasteiger charge is 2.08. The molecule has 0 spiro atoms. The van der Waals surface area contributed by atoms with E-state index in [2.05, 4.69) is 10.3 Å². The zero-order valence-corrected chi connectivity index (χ0v) is 9.90. The van der Waals surface area contributed by atoms with E-state index in [1.54, 1.807) is 0 Å². The van der Waals surface area contributed by atoms with Gasteiger partial charge in [0.1, 0.15) is 5.84 Å². The van der Waals surface area contributed by atoms with E-state index in [1.807, 2.05) is 24.3 Å². The lowest BCUT2D eigenvalue weighted by atomic mass is 10.1. The van der Waals surface area contributed by atoms with Crippen LogP contribution in [0.4, 0.5) is 5.69 Å². The maximum absolute atomic E-state index is 5.83. The Kier molecular flexibility index (Phi) is 6.13. The van der Waals surface area contributed by atoms with Gasteiger partial charge < -0.3 is 11.1 Å². The highest BCUT2D eigenvalue weighted by molar-refractivity contribution is 6.03. The molecule has 1 heterocycles. The molecule has 0 bridgehead atoms. The standard InChI is InChI=1S/C10H13N3.2ClH/c11-9-5-2-1-4-8(9)10-12-6-3-7-13-10;;/h1-2,4-5H,3,6-7,11H2,(H,12,13);2*1H. The van der Waals surface area contributed by atoms with Gasteiger partial charge in [-0.15, -0.1) is 24.8 Å². The Morgan fingerprint density at radius 2 is 1.93 bits per heavy atom. The number of rotatable bonds is 1. The topological polar surface area (TPSA) is 50.4 Å². The number of hydrogen-bond acceptors (Lipinski definition) is 3. The highest BCUT2D eigenvalue weighted by Crippen LogP contribution is 2.11. The van der Waals surface area contributed by atoms with E-state index < -0.39 is 0 Å². The number of nitrogen functional groups attached to an aromatic ring is 1. The van der Waals surface area contributed by atoms with E-state index in [0.29, 0.717) is 0 Å². The third-order valence-electron chi connectivity index (χ3n) is 2.11. The summed E-state index contributed by atoms with van der Waals surface area (Å²) in [5.41, 5.74) is 7.63. The van der Waals surface area contributed by atoms with Crippen LogP contribution in [0.3, 0.4) is 0 Å². The lowest BCUT2D eigenvalue weighted by Gasteiger charge is -2.15. The van der Waals surface area contributed by atoms with Crippen molar-refractivity contribution in [3.05, 3.63) is 29.8 Å². The first-order valence-corrected chi connectivity index (χ1v) is 4.51. The number of benzene rings is 1. The predicted molar refractivity (Wildman–Crippen MR) is 69.4 cm³/mol. The Hall–Kier alpha value is -0.930. The van der Waals surface area contributed by atoms with Crippen LogP contribution < -0.4 is 11.1 Å². The minimum atomic E-state index is 0. The number of anilines is 1. The molecule has 0 radical (unpaired) electrons. The largest absolute Gasteiger partial charge is 0.398 e. The average Bonchev–Trinajstić information content (AvgIpc) is 2.20. The first-order chi connectivity index (χ1) is 6.38. The van der Waals surface area contributed by atoms with Crippen molar-refractivity contribution in [2.45, 2.75) is 6.42 Å². The van der Waals surface area contributed by atoms with Gasteiger partial charge in [-0.1, -0.05) is 12.1 Å². The number of nitrogens with zero attached hydrogens (tertiary/aromatic N) is 1. The molecule has 1 aromatic rings. The fourth-order valence-electron chi connectivity index (χ4n) is 1.43. The summed E-state index contributed by atoms with van der Waals surface area (Å²) in [6, 6.07) is 7.80. The van der Waals surface area contributed by atoms with Crippen molar-refractivity contribution in [3.8, 4) is 0 Å². The van der Waals surface area contributed by atoms with Gasteiger partial charge >= 0.3 is 0 Å². The van der Waals surface area contributed by atoms with Crippen LogP contribution in [0.1, 0.15) is 12.0 Å². The maximum atomic E-state index is 5.83. The van der Waals surface area contributed by atoms with Crippen molar-refractivity contribution in [2.24, 2.45) is 4.99 Å². The van der Waals surface area contributed by atoms with Crippen LogP contribution >= 0.6 is 24.8 Å². The monoisotopic (exact) mass is 247 g/mol. The molecule has 1 aliphatic rings. The molecule has 0 saturated heterocycles. The summed E-state index contributed by atoms with van der Waals surface area (Å²) in [5.74, 6) is 0.935. The van der Waals surface area contributed by atoms with E-state index in [0.717, 1.165) is 36.6 Å². The number of amidine groups is 1. The highest BCUT2D eigenvalue weighted by atomic mass is 35.5. The van der Waals surface area contributed by atoms with E-state index in [1.165, 1.54) is 0 Å². The number of halogens is 2. The summed E-state index contributed by atoms with van der Waals surface area (Å²) in [7, 11) is 0. The Labute approximate surface area is 102 Å². The zero-order chi connectivity index (χ0) is 9.10. The summed E-state index contributed by atoms with van der Waals surface area (Å²) in [6.45, 7) is 1.89. The summed E-state index contributed by atoms with van der Waals surface area (Å²) in [5, 5.41) is 3.25. The van der Waals surface area contributed by atoms with Crippen molar-refractivity contribution in [3.63, 3.8) is 0 Å². The number of nitrogens with one attached hydrogen (secondary N) is 1. The summed E-state index contributed by atoms with van der Waals surface area (Å²) >= 11 is 0. The first kappa shape index (κ1) is 14.1. The van der Waals surface area contributed by atoms with Gasteiger partial charge in [-0.05, 0) is 18.6 Å². The molecule has 0 aromatic heterocycles. The Balaban J connectivity index is 0.000000980. The van der Waals surface area contributed by atoms with Crippen LogP contribution in [0.2, 0.25) is 0 Å². The van der Waals surface area contributed by atoms with Gasteiger partial charge in [0, 0.05) is 24.3 Å². The fraction of sp³-hybridized carbons (Fsp3) is 0.300. The van der Waals surface area contributed by atoms with Crippen molar-refractivity contribution >= 4 is 36.3 Å². The molecule has 0 aliphatic carbocycles. The lowest BCUT2D eigenvalue weighted by molar-refractivity contribution is 0.742. The zero-order valence-electron chi connectivity index (χ0n) is 8.27. The molecule has 1 aliphatic heterocycles. The number of hydrogen-bond donors (Lipinski definition) is 2. The second kappa shape index (κ2) is 6.53. The van der Waals surface area contributed by atoms with Crippen molar-refractivity contribution in [1.82, 2.24) is 5.32 Å². The molecule has 0 amide bonds. The van der Waals surface area contributed by atoms with Crippen LogP contribution in [0, 0.1) is 0 Å². The van der Waals surface area contributed by atoms with E-state index in [-0.39, 0.29) is 24.8 Å². The molecular formula is C10H15Cl2N3. The van der Waals surface area contributed by atoms with Crippen LogP contribution in [-0.4, -0.2) is 18.9 Å². The molecule has 0 atom stereocenters. The Bertz CT molecular complexity index is 339. The summed E-state index contributed by atoms with van der Waals surface area (Å²) in [6.07, 6.45) is 1.11. The predicted octanol–water partition coefficient (Wildman–Crippen LogP) is 1.85. The molecule has 84 valence electrons. The molecule has 1 aromatic carbocycles. The van der Waals surface area contributed by atoms with Gasteiger partial charge in [0.2, 0.25) is 0 Å². The minimum absolute atomic E-state index is 0. The van der Waals surface area contributed by atoms with Gasteiger partial charge in [0.05, 0.1) is 0 Å². The molecule has 5 heteroatoms. The smallest absolute Gasteiger partial charge is 0.130 e. The molecular weight excluding hydrogens is 233 g/mol. The second-order valence-corrected chi connectivity index (χ2v) is 3.10. The van der Waals surface area contributed by atoms with Crippen molar-refractivity contribution in [2.75, 3.05) is 18.8 Å². The van der Waals surface area contributed by atoms with E-state index in [4.69, 9.17) is 5.73 Å². The normalized spacial score (nSPS) is 14.0. The average molecular weight is 248 g/mol. The molecule has 3 nitrogen and oxygen atoms in total. The van der Waals surface area contributed by atoms with Crippen molar-refractivity contribution in [1.29, 1.82) is 0 Å². The Morgan fingerprint density at radius 1 is 1.20 bits per heavy atom. The molecule has 2 rings (SSSR count). The molecule has 0 fully saturated rings. The lowest BCUT2D eigenvalue weighted by Crippen LogP contribution is -2.30. The SMILES string of the molecule is Cl.Cl.Nc1ccccc1C1=NCCCN1. The second-order valence-electron chi connectivity index (χ2n) is 3.10. The number of aliphatic imine (C=N–C) groups is 1. The van der Waals surface area contributed by atoms with Crippen molar-refractivity contribution < 1.29 is 0 Å². The Morgan fingerprint density at radius 3 is 2.53 bits per heavy atom. The first-order valence-electron chi connectivity index (χ1n) is 4.51. The van der Waals surface area contributed by atoms with Gasteiger partial charge in [-0.25, -0.2) is 0 Å². The van der Waals surface area contributed by atoms with Crippen LogP contribution in [-0.2, 0) is 0 Å². The minimum Gasteiger partial charge on any atom is -0.398 e. The van der Waals surface area contributed by atoms with Crippen LogP contribution in [0.5, 0.6) is 0 Å². The fourth-order valence-corrected chi connectivity index (χ4v) is 1.43. The third-order valence-corrected chi connectivity index (χ3v) is 2.11. The van der Waals surface area contributed by atoms with Crippen LogP contribution in [0.15, 0.2) is 29.3 Å². The number of para-hydroxylation sites is 1. The maximum Gasteiger partial charge on any atom is 0.130 e.